The molecule has 0 heterocycles. The van der Waals surface area contributed by atoms with Gasteiger partial charge in [0.15, 0.2) is 0 Å². The van der Waals surface area contributed by atoms with Crippen molar-refractivity contribution >= 4 is 24.0 Å². The lowest BCUT2D eigenvalue weighted by atomic mass is 9.85. The van der Waals surface area contributed by atoms with Gasteiger partial charge in [0.25, 0.3) is 0 Å². The summed E-state index contributed by atoms with van der Waals surface area (Å²) in [4.78, 5) is 31.8. The molecule has 2 aromatic rings. The van der Waals surface area contributed by atoms with Crippen LogP contribution >= 0.6 is 0 Å². The van der Waals surface area contributed by atoms with Gasteiger partial charge in [-0.05, 0) is 68.1 Å². The van der Waals surface area contributed by atoms with Crippen molar-refractivity contribution in [3.63, 3.8) is 0 Å². The van der Waals surface area contributed by atoms with Gasteiger partial charge in [-0.3, -0.25) is 9.59 Å². The quantitative estimate of drug-likeness (QED) is 0.341. The van der Waals surface area contributed by atoms with Gasteiger partial charge in [0.2, 0.25) is 12.3 Å². The lowest BCUT2D eigenvalue weighted by Gasteiger charge is -2.27. The van der Waals surface area contributed by atoms with Gasteiger partial charge >= 0.3 is 12.1 Å². The Balaban J connectivity index is 0.000000540. The first-order chi connectivity index (χ1) is 16.5. The molecule has 2 amide bonds. The highest BCUT2D eigenvalue weighted by Crippen LogP contribution is 2.26. The summed E-state index contributed by atoms with van der Waals surface area (Å²) in [5.41, 5.74) is 2.93. The van der Waals surface area contributed by atoms with Crippen LogP contribution in [0.3, 0.4) is 0 Å². The van der Waals surface area contributed by atoms with E-state index in [-0.39, 0.29) is 24.2 Å². The number of anilines is 1. The molecule has 0 aromatic heterocycles. The first-order valence-corrected chi connectivity index (χ1v) is 10.9. The first kappa shape index (κ1) is 27.8. The van der Waals surface area contributed by atoms with Crippen LogP contribution < -0.4 is 16.0 Å². The highest BCUT2D eigenvalue weighted by molar-refractivity contribution is 5.79. The molecule has 2 aromatic carbocycles. The van der Waals surface area contributed by atoms with Gasteiger partial charge < -0.3 is 21.1 Å². The largest absolute Gasteiger partial charge is 0.490 e. The predicted molar refractivity (Wildman–Crippen MR) is 122 cm³/mol. The molecule has 0 spiro atoms. The van der Waals surface area contributed by atoms with Crippen LogP contribution in [0.25, 0.3) is 11.1 Å². The van der Waals surface area contributed by atoms with E-state index < -0.39 is 12.1 Å². The molecular formula is C24H27F4N3O4. The summed E-state index contributed by atoms with van der Waals surface area (Å²) < 4.78 is 46.0. The molecule has 0 atom stereocenters. The zero-order valence-electron chi connectivity index (χ0n) is 19.0. The molecule has 7 nitrogen and oxygen atoms in total. The minimum Gasteiger partial charge on any atom is -0.475 e. The Morgan fingerprint density at radius 3 is 2.11 bits per heavy atom. The standard InChI is InChI=1S/C22H26FN3O2.C2HF3O2/c1-24-19-7-4-16(5-8-19)22(28)25-13-18-12-17(6-11-21(18)23)15-2-9-20(10-3-15)26-14-27;3-2(4,5)1(6)7/h2-3,6,9-12,14,16,19,24H,4-5,7-8,13H2,1H3,(H,25,28)(H,26,27);(H,6,7). The molecule has 1 fully saturated rings. The summed E-state index contributed by atoms with van der Waals surface area (Å²) in [6, 6.07) is 12.7. The molecule has 0 radical (unpaired) electrons. The van der Waals surface area contributed by atoms with Gasteiger partial charge in [-0.1, -0.05) is 18.2 Å². The molecule has 4 N–H and O–H groups in total. The zero-order chi connectivity index (χ0) is 26.0. The number of rotatable bonds is 7. The van der Waals surface area contributed by atoms with Gasteiger partial charge in [0, 0.05) is 29.8 Å². The third-order valence-electron chi connectivity index (χ3n) is 5.69. The van der Waals surface area contributed by atoms with E-state index in [9.17, 15) is 27.2 Å². The normalized spacial score (nSPS) is 17.5. The Morgan fingerprint density at radius 2 is 1.60 bits per heavy atom. The van der Waals surface area contributed by atoms with Crippen LogP contribution in [0.5, 0.6) is 0 Å². The lowest BCUT2D eigenvalue weighted by Crippen LogP contribution is -2.37. The molecule has 0 bridgehead atoms. The van der Waals surface area contributed by atoms with E-state index in [1.54, 1.807) is 24.3 Å². The topological polar surface area (TPSA) is 108 Å². The lowest BCUT2D eigenvalue weighted by molar-refractivity contribution is -0.192. The van der Waals surface area contributed by atoms with E-state index in [0.717, 1.165) is 36.8 Å². The van der Waals surface area contributed by atoms with Crippen LogP contribution in [0.4, 0.5) is 23.2 Å². The maximum absolute atomic E-state index is 14.2. The molecule has 1 saturated carbocycles. The van der Waals surface area contributed by atoms with Crippen LogP contribution in [-0.4, -0.2) is 42.7 Å². The molecule has 190 valence electrons. The van der Waals surface area contributed by atoms with Gasteiger partial charge in [-0.15, -0.1) is 0 Å². The van der Waals surface area contributed by atoms with Gasteiger partial charge in [-0.25, -0.2) is 9.18 Å². The second-order valence-electron chi connectivity index (χ2n) is 8.00. The highest BCUT2D eigenvalue weighted by Gasteiger charge is 2.38. The number of carboxylic acid groups (broad SMARTS) is 1. The number of amides is 2. The number of nitrogens with one attached hydrogen (secondary N) is 3. The molecule has 1 aliphatic rings. The first-order valence-electron chi connectivity index (χ1n) is 10.9. The van der Waals surface area contributed by atoms with Gasteiger partial charge in [0.1, 0.15) is 5.82 Å². The van der Waals surface area contributed by atoms with Crippen LogP contribution in [0, 0.1) is 11.7 Å². The van der Waals surface area contributed by atoms with Crippen molar-refractivity contribution in [2.24, 2.45) is 5.92 Å². The van der Waals surface area contributed by atoms with Crippen molar-refractivity contribution in [3.05, 3.63) is 53.8 Å². The number of halogens is 4. The monoisotopic (exact) mass is 497 g/mol. The summed E-state index contributed by atoms with van der Waals surface area (Å²) in [5, 5.41) is 15.9. The Hall–Kier alpha value is -3.47. The number of alkyl halides is 3. The number of hydrogen-bond donors (Lipinski definition) is 4. The van der Waals surface area contributed by atoms with E-state index in [4.69, 9.17) is 9.90 Å². The Labute approximate surface area is 199 Å². The maximum atomic E-state index is 14.2. The van der Waals surface area contributed by atoms with Crippen LogP contribution in [0.15, 0.2) is 42.5 Å². The second kappa shape index (κ2) is 12.8. The van der Waals surface area contributed by atoms with Crippen molar-refractivity contribution < 1.29 is 37.1 Å². The third-order valence-corrected chi connectivity index (χ3v) is 5.69. The number of carbonyl (C=O) groups excluding carboxylic acids is 2. The average Bonchev–Trinajstić information content (AvgIpc) is 2.84. The Bertz CT molecular complexity index is 1000. The third kappa shape index (κ3) is 8.67. The van der Waals surface area contributed by atoms with Gasteiger partial charge in [0.05, 0.1) is 0 Å². The molecule has 35 heavy (non-hydrogen) atoms. The molecular weight excluding hydrogens is 470 g/mol. The maximum Gasteiger partial charge on any atom is 0.490 e. The van der Waals surface area contributed by atoms with Crippen molar-refractivity contribution in [2.45, 2.75) is 44.4 Å². The molecule has 11 heteroatoms. The Kier molecular flexibility index (Phi) is 10.2. The number of benzene rings is 2. The summed E-state index contributed by atoms with van der Waals surface area (Å²) in [6.45, 7) is 0.176. The number of hydrogen-bond acceptors (Lipinski definition) is 4. The number of aliphatic carboxylic acids is 1. The smallest absolute Gasteiger partial charge is 0.475 e. The summed E-state index contributed by atoms with van der Waals surface area (Å²) in [6.07, 6.45) is -0.748. The number of carbonyl (C=O) groups is 3. The predicted octanol–water partition coefficient (Wildman–Crippen LogP) is 4.09. The van der Waals surface area contributed by atoms with Crippen LogP contribution in [0.1, 0.15) is 31.2 Å². The number of carboxylic acids is 1. The summed E-state index contributed by atoms with van der Waals surface area (Å²) in [5.74, 6) is -3.08. The minimum absolute atomic E-state index is 0.00338. The fraction of sp³-hybridized carbons (Fsp3) is 0.375. The van der Waals surface area contributed by atoms with Crippen LogP contribution in [0.2, 0.25) is 0 Å². The molecule has 3 rings (SSSR count). The minimum atomic E-state index is -5.08. The van der Waals surface area contributed by atoms with E-state index >= 15 is 0 Å². The molecule has 0 aliphatic heterocycles. The molecule has 1 aliphatic carbocycles. The van der Waals surface area contributed by atoms with Gasteiger partial charge in [-0.2, -0.15) is 13.2 Å². The van der Waals surface area contributed by atoms with E-state index in [1.165, 1.54) is 6.07 Å². The van der Waals surface area contributed by atoms with E-state index in [0.29, 0.717) is 23.7 Å². The highest BCUT2D eigenvalue weighted by atomic mass is 19.4. The van der Waals surface area contributed by atoms with Crippen LogP contribution in [-0.2, 0) is 20.9 Å². The fourth-order valence-corrected chi connectivity index (χ4v) is 3.69. The summed E-state index contributed by atoms with van der Waals surface area (Å²) in [7, 11) is 1.95. The van der Waals surface area contributed by atoms with E-state index in [2.05, 4.69) is 16.0 Å². The second-order valence-corrected chi connectivity index (χ2v) is 8.00. The van der Waals surface area contributed by atoms with Crippen molar-refractivity contribution in [2.75, 3.05) is 12.4 Å². The molecule has 0 unspecified atom stereocenters. The van der Waals surface area contributed by atoms with Crippen molar-refractivity contribution in [1.29, 1.82) is 0 Å². The van der Waals surface area contributed by atoms with Crippen molar-refractivity contribution in [3.8, 4) is 11.1 Å². The zero-order valence-corrected chi connectivity index (χ0v) is 19.0. The molecule has 0 saturated heterocycles. The average molecular weight is 497 g/mol. The SMILES string of the molecule is CNC1CCC(C(=O)NCc2cc(-c3ccc(NC=O)cc3)ccc2F)CC1.O=C(O)C(F)(F)F. The van der Waals surface area contributed by atoms with E-state index in [1.807, 2.05) is 19.2 Å². The fourth-order valence-electron chi connectivity index (χ4n) is 3.69. The summed E-state index contributed by atoms with van der Waals surface area (Å²) >= 11 is 0. The van der Waals surface area contributed by atoms with Crippen molar-refractivity contribution in [1.82, 2.24) is 10.6 Å². The Morgan fingerprint density at radius 1 is 1.03 bits per heavy atom.